The summed E-state index contributed by atoms with van der Waals surface area (Å²) >= 11 is 0. The number of rotatable bonds is 5. The zero-order chi connectivity index (χ0) is 13.8. The van der Waals surface area contributed by atoms with E-state index >= 15 is 0 Å². The lowest BCUT2D eigenvalue weighted by Crippen LogP contribution is -2.41. The summed E-state index contributed by atoms with van der Waals surface area (Å²) in [6, 6.07) is -0.103. The molecule has 5 nitrogen and oxygen atoms in total. The second kappa shape index (κ2) is 6.52. The van der Waals surface area contributed by atoms with Crippen LogP contribution in [-0.2, 0) is 14.8 Å². The minimum absolute atomic E-state index is 0.0731. The molecule has 106 valence electrons. The van der Waals surface area contributed by atoms with Gasteiger partial charge in [0.05, 0.1) is 6.26 Å². The number of sulfonamides is 1. The van der Waals surface area contributed by atoms with Gasteiger partial charge in [-0.1, -0.05) is 0 Å². The summed E-state index contributed by atoms with van der Waals surface area (Å²) in [5, 5.41) is 0. The van der Waals surface area contributed by atoms with Crippen molar-refractivity contribution >= 4 is 15.9 Å². The molecule has 1 rings (SSSR count). The van der Waals surface area contributed by atoms with Crippen LogP contribution in [0.2, 0.25) is 0 Å². The molecular weight excluding hydrogens is 252 g/mol. The van der Waals surface area contributed by atoms with Gasteiger partial charge in [0, 0.05) is 32.1 Å². The van der Waals surface area contributed by atoms with Crippen molar-refractivity contribution in [1.29, 1.82) is 0 Å². The lowest BCUT2D eigenvalue weighted by molar-refractivity contribution is -0.132. The molecule has 0 aliphatic carbocycles. The highest BCUT2D eigenvalue weighted by atomic mass is 32.2. The van der Waals surface area contributed by atoms with Gasteiger partial charge in [0.2, 0.25) is 15.9 Å². The summed E-state index contributed by atoms with van der Waals surface area (Å²) in [5.41, 5.74) is 0. The topological polar surface area (TPSA) is 57.7 Å². The van der Waals surface area contributed by atoms with E-state index in [1.807, 2.05) is 18.7 Å². The van der Waals surface area contributed by atoms with Gasteiger partial charge in [-0.3, -0.25) is 4.79 Å². The van der Waals surface area contributed by atoms with Crippen LogP contribution in [0.3, 0.4) is 0 Å². The number of likely N-dealkylation sites (tertiary alicyclic amines) is 1. The Labute approximate surface area is 110 Å². The van der Waals surface area contributed by atoms with E-state index in [0.717, 1.165) is 25.9 Å². The molecule has 0 radical (unpaired) electrons. The fourth-order valence-electron chi connectivity index (χ4n) is 2.31. The van der Waals surface area contributed by atoms with Crippen LogP contribution in [0.4, 0.5) is 0 Å². The third kappa shape index (κ3) is 4.57. The minimum Gasteiger partial charge on any atom is -0.343 e. The molecule has 1 aliphatic rings. The molecule has 1 aliphatic heterocycles. The molecule has 0 unspecified atom stereocenters. The predicted molar refractivity (Wildman–Crippen MR) is 71.7 cm³/mol. The Hall–Kier alpha value is -0.620. The van der Waals surface area contributed by atoms with Crippen LogP contribution in [0.5, 0.6) is 0 Å². The molecule has 0 aromatic heterocycles. The maximum Gasteiger partial charge on any atom is 0.223 e. The molecule has 0 saturated carbocycles. The Balaban J connectivity index is 2.49. The Morgan fingerprint density at radius 1 is 1.22 bits per heavy atom. The number of hydrogen-bond acceptors (Lipinski definition) is 3. The van der Waals surface area contributed by atoms with Crippen LogP contribution in [-0.4, -0.2) is 55.5 Å². The molecule has 0 aromatic rings. The third-order valence-electron chi connectivity index (χ3n) is 3.26. The highest BCUT2D eigenvalue weighted by molar-refractivity contribution is 7.88. The van der Waals surface area contributed by atoms with Crippen LogP contribution in [0.1, 0.15) is 39.5 Å². The Kier molecular flexibility index (Phi) is 5.59. The van der Waals surface area contributed by atoms with Gasteiger partial charge in [0.25, 0.3) is 0 Å². The Bertz CT molecular complexity index is 373. The van der Waals surface area contributed by atoms with E-state index in [9.17, 15) is 13.2 Å². The van der Waals surface area contributed by atoms with Crippen LogP contribution >= 0.6 is 0 Å². The van der Waals surface area contributed by atoms with Gasteiger partial charge in [0.1, 0.15) is 0 Å². The standard InChI is InChI=1S/C12H24N2O3S/c1-11(2)14(18(3,16)17)10-7-12(15)13-8-5-4-6-9-13/h11H,4-10H2,1-3H3. The molecular formula is C12H24N2O3S. The van der Waals surface area contributed by atoms with Gasteiger partial charge in [-0.15, -0.1) is 0 Å². The van der Waals surface area contributed by atoms with E-state index in [1.165, 1.54) is 17.0 Å². The molecule has 0 aromatic carbocycles. The van der Waals surface area contributed by atoms with Crippen LogP contribution in [0.25, 0.3) is 0 Å². The second-order valence-corrected chi connectivity index (χ2v) is 7.09. The van der Waals surface area contributed by atoms with Crippen molar-refractivity contribution in [3.8, 4) is 0 Å². The fourth-order valence-corrected chi connectivity index (χ4v) is 3.50. The summed E-state index contributed by atoms with van der Waals surface area (Å²) in [6.07, 6.45) is 4.78. The van der Waals surface area contributed by atoms with Crippen molar-refractivity contribution in [3.63, 3.8) is 0 Å². The molecule has 0 spiro atoms. The molecule has 1 saturated heterocycles. The summed E-state index contributed by atoms with van der Waals surface area (Å²) in [7, 11) is -3.23. The van der Waals surface area contributed by atoms with Gasteiger partial charge >= 0.3 is 0 Å². The SMILES string of the molecule is CC(C)N(CCC(=O)N1CCCCC1)S(C)(=O)=O. The summed E-state index contributed by atoms with van der Waals surface area (Å²) < 4.78 is 24.5. The molecule has 1 heterocycles. The van der Waals surface area contributed by atoms with Gasteiger partial charge in [-0.05, 0) is 33.1 Å². The number of carbonyl (C=O) groups excluding carboxylic acids is 1. The monoisotopic (exact) mass is 276 g/mol. The van der Waals surface area contributed by atoms with E-state index in [2.05, 4.69) is 0 Å². The van der Waals surface area contributed by atoms with Gasteiger partial charge in [-0.25, -0.2) is 8.42 Å². The maximum atomic E-state index is 12.0. The molecule has 1 fully saturated rings. The van der Waals surface area contributed by atoms with Crippen LogP contribution in [0.15, 0.2) is 0 Å². The fraction of sp³-hybridized carbons (Fsp3) is 0.917. The largest absolute Gasteiger partial charge is 0.343 e. The molecule has 18 heavy (non-hydrogen) atoms. The first kappa shape index (κ1) is 15.4. The number of hydrogen-bond donors (Lipinski definition) is 0. The average molecular weight is 276 g/mol. The van der Waals surface area contributed by atoms with Gasteiger partial charge < -0.3 is 4.90 Å². The molecule has 1 amide bonds. The van der Waals surface area contributed by atoms with E-state index < -0.39 is 10.0 Å². The predicted octanol–water partition coefficient (Wildman–Crippen LogP) is 1.06. The van der Waals surface area contributed by atoms with E-state index in [1.54, 1.807) is 0 Å². The summed E-state index contributed by atoms with van der Waals surface area (Å²) in [5.74, 6) is 0.0731. The highest BCUT2D eigenvalue weighted by Crippen LogP contribution is 2.12. The molecule has 0 atom stereocenters. The van der Waals surface area contributed by atoms with Crippen molar-refractivity contribution in [1.82, 2.24) is 9.21 Å². The van der Waals surface area contributed by atoms with E-state index in [0.29, 0.717) is 0 Å². The summed E-state index contributed by atoms with van der Waals surface area (Å²) in [4.78, 5) is 13.8. The van der Waals surface area contributed by atoms with Crippen LogP contribution < -0.4 is 0 Å². The average Bonchev–Trinajstić information content (AvgIpc) is 2.28. The first-order chi connectivity index (χ1) is 8.32. The van der Waals surface area contributed by atoms with E-state index in [4.69, 9.17) is 0 Å². The molecule has 0 N–H and O–H groups in total. The van der Waals surface area contributed by atoms with Crippen molar-refractivity contribution < 1.29 is 13.2 Å². The molecule has 0 bridgehead atoms. The number of nitrogens with zero attached hydrogens (tertiary/aromatic N) is 2. The van der Waals surface area contributed by atoms with Gasteiger partial charge in [-0.2, -0.15) is 4.31 Å². The minimum atomic E-state index is -3.23. The van der Waals surface area contributed by atoms with Crippen molar-refractivity contribution in [2.45, 2.75) is 45.6 Å². The quantitative estimate of drug-likeness (QED) is 0.754. The van der Waals surface area contributed by atoms with Crippen molar-refractivity contribution in [2.24, 2.45) is 0 Å². The second-order valence-electron chi connectivity index (χ2n) is 5.16. The zero-order valence-corrected chi connectivity index (χ0v) is 12.4. The maximum absolute atomic E-state index is 12.0. The number of carbonyl (C=O) groups is 1. The first-order valence-corrected chi connectivity index (χ1v) is 8.42. The van der Waals surface area contributed by atoms with Gasteiger partial charge in [0.15, 0.2) is 0 Å². The molecule has 6 heteroatoms. The van der Waals surface area contributed by atoms with Crippen LogP contribution in [0, 0.1) is 0 Å². The lowest BCUT2D eigenvalue weighted by Gasteiger charge is -2.29. The van der Waals surface area contributed by atoms with E-state index in [-0.39, 0.29) is 24.9 Å². The number of piperidine rings is 1. The lowest BCUT2D eigenvalue weighted by atomic mass is 10.1. The normalized spacial score (nSPS) is 17.5. The smallest absolute Gasteiger partial charge is 0.223 e. The Morgan fingerprint density at radius 3 is 2.22 bits per heavy atom. The summed E-state index contributed by atoms with van der Waals surface area (Å²) in [6.45, 7) is 5.57. The number of amides is 1. The zero-order valence-electron chi connectivity index (χ0n) is 11.6. The van der Waals surface area contributed by atoms with Crippen molar-refractivity contribution in [3.05, 3.63) is 0 Å². The highest BCUT2D eigenvalue weighted by Gasteiger charge is 2.23. The van der Waals surface area contributed by atoms with Crippen molar-refractivity contribution in [2.75, 3.05) is 25.9 Å². The Morgan fingerprint density at radius 2 is 1.78 bits per heavy atom. The first-order valence-electron chi connectivity index (χ1n) is 6.57. The third-order valence-corrected chi connectivity index (χ3v) is 4.71.